The predicted molar refractivity (Wildman–Crippen MR) is 181 cm³/mol. The predicted octanol–water partition coefficient (Wildman–Crippen LogP) is 7.40. The fourth-order valence-corrected chi connectivity index (χ4v) is 6.66. The largest absolute Gasteiger partial charge is 0.350 e. The van der Waals surface area contributed by atoms with Crippen LogP contribution in [0.3, 0.4) is 0 Å². The van der Waals surface area contributed by atoms with Gasteiger partial charge < -0.3 is 10.2 Å². The van der Waals surface area contributed by atoms with E-state index in [1.807, 2.05) is 51.1 Å². The Morgan fingerprint density at radius 2 is 1.36 bits per heavy atom. The Labute approximate surface area is 279 Å². The normalized spacial score (nSPS) is 12.3. The first-order valence-corrected chi connectivity index (χ1v) is 16.7. The zero-order chi connectivity index (χ0) is 32.8. The van der Waals surface area contributed by atoms with E-state index >= 15 is 0 Å². The van der Waals surface area contributed by atoms with E-state index in [9.17, 15) is 18.0 Å². The van der Waals surface area contributed by atoms with Crippen molar-refractivity contribution >= 4 is 62.3 Å². The Bertz CT molecular complexity index is 1740. The van der Waals surface area contributed by atoms with Crippen LogP contribution >= 0.6 is 34.8 Å². The fraction of sp³-hybridized carbons (Fsp3) is 0.235. The Hall–Kier alpha value is -3.56. The third kappa shape index (κ3) is 9.47. The molecule has 0 fully saturated rings. The minimum Gasteiger partial charge on any atom is -0.350 e. The van der Waals surface area contributed by atoms with Crippen molar-refractivity contribution in [2.45, 2.75) is 50.2 Å². The van der Waals surface area contributed by atoms with E-state index in [1.54, 1.807) is 42.5 Å². The van der Waals surface area contributed by atoms with Gasteiger partial charge in [-0.2, -0.15) is 0 Å². The summed E-state index contributed by atoms with van der Waals surface area (Å²) in [6.07, 6.45) is 0.191. The van der Waals surface area contributed by atoms with Gasteiger partial charge >= 0.3 is 0 Å². The molecule has 0 aliphatic heterocycles. The lowest BCUT2D eigenvalue weighted by atomic mass is 10.0. The van der Waals surface area contributed by atoms with Gasteiger partial charge in [0.1, 0.15) is 12.6 Å². The van der Waals surface area contributed by atoms with Crippen molar-refractivity contribution in [3.63, 3.8) is 0 Å². The van der Waals surface area contributed by atoms with Crippen molar-refractivity contribution < 1.29 is 18.0 Å². The molecule has 0 aromatic heterocycles. The molecule has 236 valence electrons. The number of halogens is 3. The van der Waals surface area contributed by atoms with Gasteiger partial charge in [-0.25, -0.2) is 8.42 Å². The summed E-state index contributed by atoms with van der Waals surface area (Å²) in [5.74, 6) is -0.978. The van der Waals surface area contributed by atoms with E-state index in [1.165, 1.54) is 35.2 Å². The lowest BCUT2D eigenvalue weighted by molar-refractivity contribution is -0.140. The lowest BCUT2D eigenvalue weighted by Crippen LogP contribution is -2.56. The first-order valence-electron chi connectivity index (χ1n) is 14.2. The van der Waals surface area contributed by atoms with Crippen LogP contribution < -0.4 is 9.62 Å². The first-order chi connectivity index (χ1) is 21.2. The Morgan fingerprint density at radius 3 is 1.96 bits per heavy atom. The summed E-state index contributed by atoms with van der Waals surface area (Å²) in [5.41, 5.74) is 1.09. The molecule has 2 amide bonds. The molecule has 0 radical (unpaired) electrons. The molecule has 7 nitrogen and oxygen atoms in total. The molecule has 0 bridgehead atoms. The number of nitrogens with zero attached hydrogens (tertiary/aromatic N) is 2. The highest BCUT2D eigenvalue weighted by Crippen LogP contribution is 2.28. The number of carbonyl (C=O) groups is 2. The van der Waals surface area contributed by atoms with Crippen molar-refractivity contribution in [3.05, 3.63) is 129 Å². The van der Waals surface area contributed by atoms with Crippen LogP contribution in [-0.2, 0) is 32.6 Å². The standard InChI is InChI=1S/C34H34Cl3N3O4S/c1-34(2,3)38-33(42)31(20-24-9-5-4-6-10-24)39(22-25-11-7-12-27(36)19-25)32(41)23-40(29-14-8-13-28(37)21-29)45(43,44)30-17-15-26(35)16-18-30/h4-19,21,31H,20,22-23H2,1-3H3,(H,38,42). The van der Waals surface area contributed by atoms with Gasteiger partial charge in [0, 0.05) is 33.6 Å². The number of sulfonamides is 1. The molecule has 11 heteroatoms. The maximum atomic E-state index is 14.5. The summed E-state index contributed by atoms with van der Waals surface area (Å²) in [7, 11) is -4.28. The van der Waals surface area contributed by atoms with Crippen LogP contribution in [-0.4, -0.2) is 43.3 Å². The van der Waals surface area contributed by atoms with Crippen molar-refractivity contribution in [2.24, 2.45) is 0 Å². The summed E-state index contributed by atoms with van der Waals surface area (Å²) in [5, 5.41) is 4.12. The summed E-state index contributed by atoms with van der Waals surface area (Å²) in [4.78, 5) is 29.8. The molecule has 0 aliphatic carbocycles. The first kappa shape index (κ1) is 34.3. The molecule has 4 aromatic carbocycles. The molecular formula is C34H34Cl3N3O4S. The van der Waals surface area contributed by atoms with Gasteiger partial charge in [0.15, 0.2) is 0 Å². The molecule has 0 heterocycles. The molecule has 0 spiro atoms. The smallest absolute Gasteiger partial charge is 0.264 e. The van der Waals surface area contributed by atoms with Gasteiger partial charge in [0.2, 0.25) is 11.8 Å². The molecule has 0 aliphatic rings. The number of hydrogen-bond donors (Lipinski definition) is 1. The van der Waals surface area contributed by atoms with Crippen LogP contribution in [0, 0.1) is 0 Å². The number of hydrogen-bond acceptors (Lipinski definition) is 4. The van der Waals surface area contributed by atoms with Crippen LogP contribution in [0.25, 0.3) is 0 Å². The lowest BCUT2D eigenvalue weighted by Gasteiger charge is -2.35. The van der Waals surface area contributed by atoms with Crippen molar-refractivity contribution in [1.82, 2.24) is 10.2 Å². The molecule has 1 unspecified atom stereocenters. The van der Waals surface area contributed by atoms with Crippen LogP contribution in [0.2, 0.25) is 15.1 Å². The Balaban J connectivity index is 1.82. The van der Waals surface area contributed by atoms with Gasteiger partial charge in [-0.1, -0.05) is 83.3 Å². The zero-order valence-electron chi connectivity index (χ0n) is 25.1. The summed E-state index contributed by atoms with van der Waals surface area (Å²) in [6.45, 7) is 4.95. The second kappa shape index (κ2) is 14.7. The van der Waals surface area contributed by atoms with Crippen molar-refractivity contribution in [1.29, 1.82) is 0 Å². The minimum atomic E-state index is -4.28. The summed E-state index contributed by atoms with van der Waals surface area (Å²) in [6, 6.07) is 27.2. The van der Waals surface area contributed by atoms with Crippen LogP contribution in [0.5, 0.6) is 0 Å². The third-order valence-electron chi connectivity index (χ3n) is 6.79. The number of carbonyl (C=O) groups excluding carboxylic acids is 2. The molecule has 1 atom stereocenters. The van der Waals surface area contributed by atoms with E-state index in [0.717, 1.165) is 9.87 Å². The van der Waals surface area contributed by atoms with Gasteiger partial charge in [0.05, 0.1) is 10.6 Å². The SMILES string of the molecule is CC(C)(C)NC(=O)C(Cc1ccccc1)N(Cc1cccc(Cl)c1)C(=O)CN(c1cccc(Cl)c1)S(=O)(=O)c1ccc(Cl)cc1. The van der Waals surface area contributed by atoms with E-state index in [0.29, 0.717) is 20.6 Å². The van der Waals surface area contributed by atoms with Gasteiger partial charge in [-0.15, -0.1) is 0 Å². The van der Waals surface area contributed by atoms with E-state index in [2.05, 4.69) is 5.32 Å². The molecule has 0 saturated heterocycles. The average Bonchev–Trinajstić information content (AvgIpc) is 2.97. The minimum absolute atomic E-state index is 0.00116. The maximum absolute atomic E-state index is 14.5. The van der Waals surface area contributed by atoms with Crippen molar-refractivity contribution in [2.75, 3.05) is 10.8 Å². The molecule has 0 saturated carbocycles. The fourth-order valence-electron chi connectivity index (χ4n) is 4.73. The highest BCUT2D eigenvalue weighted by atomic mass is 35.5. The second-order valence-corrected chi connectivity index (χ2v) is 14.7. The Kier molecular flexibility index (Phi) is 11.2. The highest BCUT2D eigenvalue weighted by molar-refractivity contribution is 7.92. The van der Waals surface area contributed by atoms with Crippen LogP contribution in [0.1, 0.15) is 31.9 Å². The van der Waals surface area contributed by atoms with E-state index in [-0.39, 0.29) is 29.5 Å². The number of benzene rings is 4. The quantitative estimate of drug-likeness (QED) is 0.178. The maximum Gasteiger partial charge on any atom is 0.264 e. The van der Waals surface area contributed by atoms with Crippen LogP contribution in [0.15, 0.2) is 108 Å². The molecular weight excluding hydrogens is 653 g/mol. The number of anilines is 1. The number of rotatable bonds is 11. The number of nitrogens with one attached hydrogen (secondary N) is 1. The topological polar surface area (TPSA) is 86.8 Å². The highest BCUT2D eigenvalue weighted by Gasteiger charge is 2.35. The monoisotopic (exact) mass is 685 g/mol. The van der Waals surface area contributed by atoms with E-state index < -0.39 is 34.1 Å². The zero-order valence-corrected chi connectivity index (χ0v) is 28.2. The van der Waals surface area contributed by atoms with Gasteiger partial charge in [0.25, 0.3) is 10.0 Å². The second-order valence-electron chi connectivity index (χ2n) is 11.5. The Morgan fingerprint density at radius 1 is 0.756 bits per heavy atom. The summed E-state index contributed by atoms with van der Waals surface area (Å²) < 4.78 is 29.1. The molecule has 1 N–H and O–H groups in total. The van der Waals surface area contributed by atoms with Gasteiger partial charge in [-0.3, -0.25) is 13.9 Å². The van der Waals surface area contributed by atoms with E-state index in [4.69, 9.17) is 34.8 Å². The molecule has 4 rings (SSSR count). The third-order valence-corrected chi connectivity index (χ3v) is 9.30. The van der Waals surface area contributed by atoms with Crippen molar-refractivity contribution in [3.8, 4) is 0 Å². The van der Waals surface area contributed by atoms with Gasteiger partial charge in [-0.05, 0) is 86.5 Å². The number of amides is 2. The summed E-state index contributed by atoms with van der Waals surface area (Å²) >= 11 is 18.6. The molecule has 4 aromatic rings. The average molecular weight is 687 g/mol. The van der Waals surface area contributed by atoms with Crippen LogP contribution in [0.4, 0.5) is 5.69 Å². The molecule has 45 heavy (non-hydrogen) atoms.